The topological polar surface area (TPSA) is 37.4 Å². The van der Waals surface area contributed by atoms with Crippen LogP contribution in [0.25, 0.3) is 21.5 Å². The molecule has 27 heavy (non-hydrogen) atoms. The SMILES string of the molecule is CN1C(=O)c2c(C(=O)c3ccccc3)c3ccccc3c3c(Br)ccc1c23. The monoisotopic (exact) mass is 415 g/mol. The predicted molar refractivity (Wildman–Crippen MR) is 112 cm³/mol. The van der Waals surface area contributed by atoms with E-state index in [1.165, 1.54) is 0 Å². The number of amides is 1. The average molecular weight is 416 g/mol. The molecule has 0 unspecified atom stereocenters. The Labute approximate surface area is 164 Å². The molecule has 0 aromatic heterocycles. The maximum absolute atomic E-state index is 13.5. The molecule has 4 aromatic carbocycles. The molecule has 130 valence electrons. The van der Waals surface area contributed by atoms with E-state index in [1.54, 1.807) is 24.1 Å². The normalized spacial score (nSPS) is 13.0. The summed E-state index contributed by atoms with van der Waals surface area (Å²) in [6.07, 6.45) is 0. The first-order chi connectivity index (χ1) is 13.1. The van der Waals surface area contributed by atoms with E-state index in [4.69, 9.17) is 0 Å². The third-order valence-corrected chi connectivity index (χ3v) is 5.90. The Hall–Kier alpha value is -2.98. The van der Waals surface area contributed by atoms with Gasteiger partial charge in [0.15, 0.2) is 5.78 Å². The fourth-order valence-corrected chi connectivity index (χ4v) is 4.55. The average Bonchev–Trinajstić information content (AvgIpc) is 2.95. The summed E-state index contributed by atoms with van der Waals surface area (Å²) in [5.74, 6) is -0.267. The van der Waals surface area contributed by atoms with Gasteiger partial charge in [-0.3, -0.25) is 9.59 Å². The maximum atomic E-state index is 13.5. The number of carbonyl (C=O) groups is 2. The van der Waals surface area contributed by atoms with Gasteiger partial charge in [-0.05, 0) is 22.9 Å². The Morgan fingerprint density at radius 3 is 2.26 bits per heavy atom. The van der Waals surface area contributed by atoms with Crippen LogP contribution in [0.4, 0.5) is 5.69 Å². The molecule has 1 aliphatic heterocycles. The molecule has 5 rings (SSSR count). The molecule has 4 heteroatoms. The highest BCUT2D eigenvalue weighted by molar-refractivity contribution is 9.10. The molecule has 0 saturated heterocycles. The van der Waals surface area contributed by atoms with Crippen LogP contribution in [0.15, 0.2) is 71.2 Å². The molecule has 0 aliphatic carbocycles. The summed E-state index contributed by atoms with van der Waals surface area (Å²) >= 11 is 3.65. The second kappa shape index (κ2) is 5.76. The third-order valence-electron chi connectivity index (χ3n) is 5.24. The second-order valence-electron chi connectivity index (χ2n) is 6.67. The quantitative estimate of drug-likeness (QED) is 0.316. The molecular weight excluding hydrogens is 402 g/mol. The first-order valence-corrected chi connectivity index (χ1v) is 9.43. The van der Waals surface area contributed by atoms with Gasteiger partial charge in [0.2, 0.25) is 0 Å². The van der Waals surface area contributed by atoms with Gasteiger partial charge in [-0.2, -0.15) is 0 Å². The summed E-state index contributed by atoms with van der Waals surface area (Å²) < 4.78 is 0.917. The summed E-state index contributed by atoms with van der Waals surface area (Å²) in [6, 6.07) is 20.8. The molecule has 0 N–H and O–H groups in total. The van der Waals surface area contributed by atoms with E-state index in [2.05, 4.69) is 15.9 Å². The number of ketones is 1. The highest BCUT2D eigenvalue weighted by Gasteiger charge is 2.34. The van der Waals surface area contributed by atoms with Crippen molar-refractivity contribution in [3.8, 4) is 0 Å². The van der Waals surface area contributed by atoms with Crippen molar-refractivity contribution in [2.75, 3.05) is 11.9 Å². The summed E-state index contributed by atoms with van der Waals surface area (Å²) in [7, 11) is 1.76. The van der Waals surface area contributed by atoms with Crippen LogP contribution in [0.1, 0.15) is 26.3 Å². The zero-order valence-corrected chi connectivity index (χ0v) is 16.1. The maximum Gasteiger partial charge on any atom is 0.259 e. The number of nitrogens with zero attached hydrogens (tertiary/aromatic N) is 1. The van der Waals surface area contributed by atoms with Gasteiger partial charge in [0.05, 0.1) is 11.3 Å². The van der Waals surface area contributed by atoms with E-state index < -0.39 is 0 Å². The van der Waals surface area contributed by atoms with Crippen LogP contribution >= 0.6 is 15.9 Å². The highest BCUT2D eigenvalue weighted by Crippen LogP contribution is 2.46. The van der Waals surface area contributed by atoms with Crippen LogP contribution in [0.2, 0.25) is 0 Å². The van der Waals surface area contributed by atoms with Crippen LogP contribution in [0.5, 0.6) is 0 Å². The zero-order valence-electron chi connectivity index (χ0n) is 14.5. The Kier molecular flexibility index (Phi) is 3.46. The number of carbonyl (C=O) groups excluding carboxylic acids is 2. The number of anilines is 1. The molecule has 0 fully saturated rings. The largest absolute Gasteiger partial charge is 0.311 e. The molecular formula is C23H14BrNO2. The van der Waals surface area contributed by atoms with Crippen molar-refractivity contribution in [2.24, 2.45) is 0 Å². The van der Waals surface area contributed by atoms with Crippen LogP contribution in [-0.2, 0) is 0 Å². The second-order valence-corrected chi connectivity index (χ2v) is 7.53. The van der Waals surface area contributed by atoms with Crippen molar-refractivity contribution in [1.29, 1.82) is 0 Å². The Morgan fingerprint density at radius 2 is 1.52 bits per heavy atom. The number of hydrogen-bond acceptors (Lipinski definition) is 2. The lowest BCUT2D eigenvalue weighted by molar-refractivity contribution is 0.0982. The van der Waals surface area contributed by atoms with Crippen LogP contribution in [-0.4, -0.2) is 18.7 Å². The fourth-order valence-electron chi connectivity index (χ4n) is 4.00. The number of halogens is 1. The van der Waals surface area contributed by atoms with Gasteiger partial charge in [-0.1, -0.05) is 70.5 Å². The molecule has 0 saturated carbocycles. The van der Waals surface area contributed by atoms with Crippen molar-refractivity contribution in [3.63, 3.8) is 0 Å². The number of fused-ring (bicyclic) bond motifs is 2. The predicted octanol–water partition coefficient (Wildman–Crippen LogP) is 5.58. The van der Waals surface area contributed by atoms with Crippen molar-refractivity contribution in [3.05, 3.63) is 87.9 Å². The standard InChI is InChI=1S/C23H14BrNO2/c1-25-17-12-11-16(24)18-14-9-5-6-10-15(14)19(21(20(17)18)23(25)27)22(26)13-7-3-2-4-8-13/h2-12H,1H3. The molecule has 0 atom stereocenters. The van der Waals surface area contributed by atoms with Gasteiger partial charge in [0.1, 0.15) is 0 Å². The number of benzene rings is 4. The molecule has 0 spiro atoms. The minimum absolute atomic E-state index is 0.127. The molecule has 0 bridgehead atoms. The Bertz CT molecular complexity index is 1280. The van der Waals surface area contributed by atoms with Crippen LogP contribution in [0.3, 0.4) is 0 Å². The van der Waals surface area contributed by atoms with E-state index in [0.29, 0.717) is 16.7 Å². The van der Waals surface area contributed by atoms with Crippen LogP contribution < -0.4 is 4.90 Å². The zero-order chi connectivity index (χ0) is 18.7. The van der Waals surface area contributed by atoms with E-state index >= 15 is 0 Å². The number of hydrogen-bond donors (Lipinski definition) is 0. The van der Waals surface area contributed by atoms with E-state index in [1.807, 2.05) is 54.6 Å². The van der Waals surface area contributed by atoms with E-state index in [0.717, 1.165) is 31.7 Å². The van der Waals surface area contributed by atoms with Gasteiger partial charge in [0, 0.05) is 33.4 Å². The lowest BCUT2D eigenvalue weighted by Crippen LogP contribution is -2.22. The van der Waals surface area contributed by atoms with Gasteiger partial charge >= 0.3 is 0 Å². The summed E-state index contributed by atoms with van der Waals surface area (Å²) in [6.45, 7) is 0. The van der Waals surface area contributed by atoms with Gasteiger partial charge < -0.3 is 4.90 Å². The minimum Gasteiger partial charge on any atom is -0.311 e. The fraction of sp³-hybridized carbons (Fsp3) is 0.0435. The molecule has 1 heterocycles. The molecule has 3 nitrogen and oxygen atoms in total. The van der Waals surface area contributed by atoms with Gasteiger partial charge in [-0.15, -0.1) is 0 Å². The van der Waals surface area contributed by atoms with Crippen molar-refractivity contribution >= 4 is 54.9 Å². The molecule has 0 radical (unpaired) electrons. The van der Waals surface area contributed by atoms with Crippen molar-refractivity contribution in [2.45, 2.75) is 0 Å². The summed E-state index contributed by atoms with van der Waals surface area (Å²) in [5, 5.41) is 3.58. The van der Waals surface area contributed by atoms with Crippen molar-refractivity contribution in [1.82, 2.24) is 0 Å². The highest BCUT2D eigenvalue weighted by atomic mass is 79.9. The van der Waals surface area contributed by atoms with E-state index in [9.17, 15) is 9.59 Å². The lowest BCUT2D eigenvalue weighted by Gasteiger charge is -2.13. The van der Waals surface area contributed by atoms with Gasteiger partial charge in [-0.25, -0.2) is 0 Å². The smallest absolute Gasteiger partial charge is 0.259 e. The molecule has 4 aromatic rings. The third kappa shape index (κ3) is 2.14. The Balaban J connectivity index is 2.01. The number of rotatable bonds is 2. The lowest BCUT2D eigenvalue weighted by atomic mass is 9.88. The van der Waals surface area contributed by atoms with E-state index in [-0.39, 0.29) is 11.7 Å². The summed E-state index contributed by atoms with van der Waals surface area (Å²) in [4.78, 5) is 28.2. The summed E-state index contributed by atoms with van der Waals surface area (Å²) in [5.41, 5.74) is 2.40. The Morgan fingerprint density at radius 1 is 0.852 bits per heavy atom. The first-order valence-electron chi connectivity index (χ1n) is 8.64. The molecule has 1 amide bonds. The van der Waals surface area contributed by atoms with Gasteiger partial charge in [0.25, 0.3) is 5.91 Å². The molecule has 1 aliphatic rings. The minimum atomic E-state index is -0.141. The van der Waals surface area contributed by atoms with Crippen molar-refractivity contribution < 1.29 is 9.59 Å². The van der Waals surface area contributed by atoms with Crippen LogP contribution in [0, 0.1) is 0 Å². The first kappa shape index (κ1) is 16.2.